The lowest BCUT2D eigenvalue weighted by atomic mass is 9.82. The molecule has 0 bridgehead atoms. The summed E-state index contributed by atoms with van der Waals surface area (Å²) in [5, 5.41) is 0. The van der Waals surface area contributed by atoms with Crippen LogP contribution >= 0.6 is 0 Å². The van der Waals surface area contributed by atoms with Gasteiger partial charge in [-0.3, -0.25) is 4.79 Å². The van der Waals surface area contributed by atoms with Gasteiger partial charge in [0, 0.05) is 31.1 Å². The molecular formula is C19H28N4O. The molecule has 1 saturated carbocycles. The molecule has 2 aliphatic heterocycles. The highest BCUT2D eigenvalue weighted by atomic mass is 16.2. The van der Waals surface area contributed by atoms with Crippen LogP contribution in [0.15, 0.2) is 30.3 Å². The van der Waals surface area contributed by atoms with Gasteiger partial charge in [-0.2, -0.15) is 5.53 Å². The number of fused-ring (bicyclic) bond motifs is 1. The molecule has 130 valence electrons. The highest BCUT2D eigenvalue weighted by Gasteiger charge is 2.38. The van der Waals surface area contributed by atoms with Gasteiger partial charge in [-0.15, -0.1) is 0 Å². The molecule has 1 aromatic rings. The lowest BCUT2D eigenvalue weighted by Gasteiger charge is -2.33. The number of benzene rings is 1. The average molecular weight is 328 g/mol. The normalized spacial score (nSPS) is 33.8. The number of hydrazine groups is 2. The van der Waals surface area contributed by atoms with Crippen molar-refractivity contribution in [1.82, 2.24) is 21.3 Å². The third-order valence-electron chi connectivity index (χ3n) is 6.03. The zero-order valence-corrected chi connectivity index (χ0v) is 14.2. The Morgan fingerprint density at radius 3 is 2.67 bits per heavy atom. The Balaban J connectivity index is 1.35. The molecule has 0 radical (unpaired) electrons. The first-order valence-electron chi connectivity index (χ1n) is 9.41. The minimum atomic E-state index is 0.189. The summed E-state index contributed by atoms with van der Waals surface area (Å²) in [4.78, 5) is 15.1. The Bertz CT molecular complexity index is 564. The van der Waals surface area contributed by atoms with E-state index in [1.54, 1.807) is 0 Å². The van der Waals surface area contributed by atoms with E-state index in [1.165, 1.54) is 12.0 Å². The van der Waals surface area contributed by atoms with Crippen LogP contribution in [0.2, 0.25) is 0 Å². The minimum absolute atomic E-state index is 0.189. The highest BCUT2D eigenvalue weighted by molar-refractivity contribution is 5.79. The fraction of sp³-hybridized carbons (Fsp3) is 0.632. The Morgan fingerprint density at radius 2 is 1.79 bits per heavy atom. The van der Waals surface area contributed by atoms with Gasteiger partial charge in [0.25, 0.3) is 0 Å². The first kappa shape index (κ1) is 16.1. The smallest absolute Gasteiger partial charge is 0.225 e. The van der Waals surface area contributed by atoms with Gasteiger partial charge in [0.05, 0.1) is 0 Å². The van der Waals surface area contributed by atoms with Crippen LogP contribution in [0.4, 0.5) is 0 Å². The van der Waals surface area contributed by atoms with Crippen LogP contribution in [-0.4, -0.2) is 36.0 Å². The van der Waals surface area contributed by atoms with E-state index in [0.29, 0.717) is 23.9 Å². The molecule has 5 nitrogen and oxygen atoms in total. The Morgan fingerprint density at radius 1 is 0.958 bits per heavy atom. The van der Waals surface area contributed by atoms with E-state index in [4.69, 9.17) is 0 Å². The molecule has 4 unspecified atom stereocenters. The van der Waals surface area contributed by atoms with Crippen molar-refractivity contribution in [2.24, 2.45) is 5.92 Å². The van der Waals surface area contributed by atoms with Gasteiger partial charge in [-0.1, -0.05) is 30.3 Å². The first-order valence-corrected chi connectivity index (χ1v) is 9.41. The van der Waals surface area contributed by atoms with Crippen molar-refractivity contribution in [1.29, 1.82) is 0 Å². The number of carbonyl (C=O) groups is 1. The summed E-state index contributed by atoms with van der Waals surface area (Å²) in [5.74, 6) is 1.18. The summed E-state index contributed by atoms with van der Waals surface area (Å²) in [6.07, 6.45) is 6.43. The molecule has 3 aliphatic rings. The van der Waals surface area contributed by atoms with Crippen LogP contribution in [0, 0.1) is 5.92 Å². The maximum atomic E-state index is 13.0. The van der Waals surface area contributed by atoms with Gasteiger partial charge < -0.3 is 4.90 Å². The molecule has 5 heteroatoms. The van der Waals surface area contributed by atoms with Gasteiger partial charge in [0.1, 0.15) is 0 Å². The second-order valence-electron chi connectivity index (χ2n) is 7.50. The van der Waals surface area contributed by atoms with Crippen LogP contribution in [0.25, 0.3) is 0 Å². The molecule has 3 N–H and O–H groups in total. The quantitative estimate of drug-likeness (QED) is 0.776. The Labute approximate surface area is 144 Å². The number of hydrogen-bond acceptors (Lipinski definition) is 4. The third-order valence-corrected chi connectivity index (χ3v) is 6.03. The summed E-state index contributed by atoms with van der Waals surface area (Å²) in [6, 6.07) is 11.6. The van der Waals surface area contributed by atoms with E-state index >= 15 is 0 Å². The molecule has 0 aromatic heterocycles. The summed E-state index contributed by atoms with van der Waals surface area (Å²) >= 11 is 0. The largest absolute Gasteiger partial charge is 0.342 e. The van der Waals surface area contributed by atoms with Crippen LogP contribution in [0.5, 0.6) is 0 Å². The van der Waals surface area contributed by atoms with Crippen molar-refractivity contribution >= 4 is 5.91 Å². The standard InChI is InChI=1S/C19H28N4O/c24-19(16-8-9-17-18(13-16)21-22-20-17)23-11-4-7-15(10-12-23)14-5-2-1-3-6-14/h1-3,5-6,15-18,20-22H,4,7-13H2. The summed E-state index contributed by atoms with van der Waals surface area (Å²) in [5.41, 5.74) is 10.9. The number of carbonyl (C=O) groups excluding carboxylic acids is 1. The van der Waals surface area contributed by atoms with Crippen LogP contribution in [0.3, 0.4) is 0 Å². The predicted octanol–water partition coefficient (Wildman–Crippen LogP) is 1.93. The Hall–Kier alpha value is -1.43. The number of nitrogens with one attached hydrogen (secondary N) is 3. The van der Waals surface area contributed by atoms with Gasteiger partial charge in [0.15, 0.2) is 0 Å². The fourth-order valence-electron chi connectivity index (χ4n) is 4.59. The van der Waals surface area contributed by atoms with Crippen molar-refractivity contribution in [2.75, 3.05) is 13.1 Å². The second kappa shape index (κ2) is 7.21. The second-order valence-corrected chi connectivity index (χ2v) is 7.50. The zero-order valence-electron chi connectivity index (χ0n) is 14.2. The number of nitrogens with zero attached hydrogens (tertiary/aromatic N) is 1. The summed E-state index contributed by atoms with van der Waals surface area (Å²) < 4.78 is 0. The molecule has 1 amide bonds. The molecule has 0 spiro atoms. The van der Waals surface area contributed by atoms with Gasteiger partial charge in [-0.05, 0) is 50.0 Å². The molecule has 1 aliphatic carbocycles. The summed E-state index contributed by atoms with van der Waals surface area (Å²) in [6.45, 7) is 1.84. The van der Waals surface area contributed by atoms with Gasteiger partial charge in [0.2, 0.25) is 5.91 Å². The minimum Gasteiger partial charge on any atom is -0.342 e. The zero-order chi connectivity index (χ0) is 16.4. The molecule has 2 heterocycles. The SMILES string of the molecule is O=C(C1CCC2NNNC2C1)N1CCCC(c2ccccc2)CC1. The van der Waals surface area contributed by atoms with Crippen LogP contribution < -0.4 is 16.4 Å². The fourth-order valence-corrected chi connectivity index (χ4v) is 4.59. The Kier molecular flexibility index (Phi) is 4.83. The van der Waals surface area contributed by atoms with Crippen molar-refractivity contribution < 1.29 is 4.79 Å². The molecule has 4 atom stereocenters. The monoisotopic (exact) mass is 328 g/mol. The highest BCUT2D eigenvalue weighted by Crippen LogP contribution is 2.31. The number of likely N-dealkylation sites (tertiary alicyclic amines) is 1. The lowest BCUT2D eigenvalue weighted by molar-refractivity contribution is -0.136. The van der Waals surface area contributed by atoms with E-state index in [0.717, 1.165) is 45.2 Å². The molecule has 1 aromatic carbocycles. The first-order chi connectivity index (χ1) is 11.8. The van der Waals surface area contributed by atoms with Crippen molar-refractivity contribution in [3.05, 3.63) is 35.9 Å². The van der Waals surface area contributed by atoms with Crippen molar-refractivity contribution in [2.45, 2.75) is 56.5 Å². The topological polar surface area (TPSA) is 56.4 Å². The summed E-state index contributed by atoms with van der Waals surface area (Å²) in [7, 11) is 0. The van der Waals surface area contributed by atoms with Gasteiger partial charge >= 0.3 is 0 Å². The molecular weight excluding hydrogens is 300 g/mol. The van der Waals surface area contributed by atoms with Crippen molar-refractivity contribution in [3.63, 3.8) is 0 Å². The molecule has 24 heavy (non-hydrogen) atoms. The number of hydrogen-bond donors (Lipinski definition) is 3. The van der Waals surface area contributed by atoms with E-state index in [-0.39, 0.29) is 5.92 Å². The van der Waals surface area contributed by atoms with Crippen LogP contribution in [-0.2, 0) is 4.79 Å². The number of rotatable bonds is 2. The third kappa shape index (κ3) is 3.34. The van der Waals surface area contributed by atoms with E-state index in [1.807, 2.05) is 0 Å². The van der Waals surface area contributed by atoms with Crippen LogP contribution in [0.1, 0.15) is 50.0 Å². The lowest BCUT2D eigenvalue weighted by Crippen LogP contribution is -2.45. The maximum Gasteiger partial charge on any atom is 0.225 e. The predicted molar refractivity (Wildman–Crippen MR) is 93.9 cm³/mol. The molecule has 4 rings (SSSR count). The molecule has 3 fully saturated rings. The molecule has 2 saturated heterocycles. The van der Waals surface area contributed by atoms with E-state index < -0.39 is 0 Å². The maximum absolute atomic E-state index is 13.0. The number of amides is 1. The van der Waals surface area contributed by atoms with Gasteiger partial charge in [-0.25, -0.2) is 10.9 Å². The van der Waals surface area contributed by atoms with E-state index in [9.17, 15) is 4.79 Å². The van der Waals surface area contributed by atoms with E-state index in [2.05, 4.69) is 51.6 Å². The average Bonchev–Trinajstić information content (AvgIpc) is 2.96. The van der Waals surface area contributed by atoms with Crippen molar-refractivity contribution in [3.8, 4) is 0 Å².